The second-order valence-corrected chi connectivity index (χ2v) is 6.05. The van der Waals surface area contributed by atoms with Gasteiger partial charge in [-0.05, 0) is 49.7 Å². The van der Waals surface area contributed by atoms with Crippen LogP contribution in [0.1, 0.15) is 29.8 Å². The predicted molar refractivity (Wildman–Crippen MR) is 96.8 cm³/mol. The van der Waals surface area contributed by atoms with Crippen LogP contribution in [0.3, 0.4) is 0 Å². The fraction of sp³-hybridized carbons (Fsp3) is 0.176. The van der Waals surface area contributed by atoms with Gasteiger partial charge in [-0.3, -0.25) is 5.43 Å². The van der Waals surface area contributed by atoms with E-state index in [1.165, 1.54) is 18.3 Å². The number of hydrazone groups is 1. The number of ether oxygens (including phenoxy) is 1. The maximum atomic E-state index is 10.9. The number of rotatable bonds is 6. The van der Waals surface area contributed by atoms with Crippen LogP contribution in [0.15, 0.2) is 41.5 Å². The van der Waals surface area contributed by atoms with E-state index in [9.17, 15) is 4.79 Å². The highest BCUT2D eigenvalue weighted by atomic mass is 35.5. The molecule has 0 heterocycles. The monoisotopic (exact) mass is 366 g/mol. The zero-order valence-corrected chi connectivity index (χ0v) is 14.6. The van der Waals surface area contributed by atoms with E-state index in [1.807, 2.05) is 13.8 Å². The molecule has 0 saturated carbocycles. The first kappa shape index (κ1) is 18.1. The zero-order chi connectivity index (χ0) is 17.7. The third-order valence-corrected chi connectivity index (χ3v) is 3.45. The summed E-state index contributed by atoms with van der Waals surface area (Å²) in [7, 11) is 0. The highest BCUT2D eigenvalue weighted by Gasteiger charge is 2.10. The molecule has 0 aliphatic rings. The van der Waals surface area contributed by atoms with Gasteiger partial charge in [-0.15, -0.1) is 0 Å². The van der Waals surface area contributed by atoms with Crippen LogP contribution < -0.4 is 10.2 Å². The molecule has 0 spiro atoms. The van der Waals surface area contributed by atoms with Crippen molar-refractivity contribution in [1.82, 2.24) is 0 Å². The number of hydrogen-bond acceptors (Lipinski definition) is 4. The summed E-state index contributed by atoms with van der Waals surface area (Å²) in [5.41, 5.74) is 4.18. The van der Waals surface area contributed by atoms with Gasteiger partial charge in [0.05, 0.1) is 33.6 Å². The van der Waals surface area contributed by atoms with Crippen LogP contribution in [0.25, 0.3) is 0 Å². The Balaban J connectivity index is 2.12. The van der Waals surface area contributed by atoms with Crippen LogP contribution in [0, 0.1) is 0 Å². The van der Waals surface area contributed by atoms with Crippen molar-refractivity contribution in [3.8, 4) is 5.75 Å². The van der Waals surface area contributed by atoms with Crippen LogP contribution in [0.5, 0.6) is 5.75 Å². The van der Waals surface area contributed by atoms with E-state index in [0.29, 0.717) is 27.0 Å². The summed E-state index contributed by atoms with van der Waals surface area (Å²) in [6.45, 7) is 3.77. The Bertz CT molecular complexity index is 753. The van der Waals surface area contributed by atoms with Crippen molar-refractivity contribution < 1.29 is 14.6 Å². The Morgan fingerprint density at radius 2 is 1.92 bits per heavy atom. The van der Waals surface area contributed by atoms with Crippen molar-refractivity contribution in [2.24, 2.45) is 5.10 Å². The van der Waals surface area contributed by atoms with E-state index < -0.39 is 5.97 Å². The highest BCUT2D eigenvalue weighted by molar-refractivity contribution is 6.37. The van der Waals surface area contributed by atoms with Crippen LogP contribution >= 0.6 is 23.2 Å². The number of anilines is 1. The molecule has 0 atom stereocenters. The lowest BCUT2D eigenvalue weighted by Crippen LogP contribution is -2.06. The standard InChI is InChI=1S/C17H16Cl2N2O3/c1-10(2)24-16-14(18)6-11(7-15(16)19)9-20-21-13-5-3-4-12(8-13)17(22)23/h3-10,21H,1-2H3,(H,22,23)/b20-9+. The SMILES string of the molecule is CC(C)Oc1c(Cl)cc(/C=N/Nc2cccc(C(=O)O)c2)cc1Cl. The zero-order valence-electron chi connectivity index (χ0n) is 13.1. The van der Waals surface area contributed by atoms with Gasteiger partial charge in [-0.1, -0.05) is 29.3 Å². The number of aromatic carboxylic acids is 1. The first-order valence-electron chi connectivity index (χ1n) is 7.15. The topological polar surface area (TPSA) is 70.9 Å². The Morgan fingerprint density at radius 1 is 1.25 bits per heavy atom. The van der Waals surface area contributed by atoms with E-state index in [2.05, 4.69) is 10.5 Å². The van der Waals surface area contributed by atoms with Crippen molar-refractivity contribution in [2.45, 2.75) is 20.0 Å². The Kier molecular flexibility index (Phi) is 6.06. The molecule has 0 amide bonds. The average Bonchev–Trinajstić information content (AvgIpc) is 2.51. The van der Waals surface area contributed by atoms with Gasteiger partial charge in [0.1, 0.15) is 0 Å². The maximum Gasteiger partial charge on any atom is 0.335 e. The molecule has 2 aromatic carbocycles. The summed E-state index contributed by atoms with van der Waals surface area (Å²) in [6.07, 6.45) is 1.49. The Labute approximate surface area is 149 Å². The van der Waals surface area contributed by atoms with Crippen molar-refractivity contribution in [3.63, 3.8) is 0 Å². The molecule has 0 bridgehead atoms. The predicted octanol–water partition coefficient (Wildman–Crippen LogP) is 4.92. The number of carboxylic acids is 1. The number of benzene rings is 2. The first-order valence-corrected chi connectivity index (χ1v) is 7.90. The minimum absolute atomic E-state index is 0.0392. The van der Waals surface area contributed by atoms with E-state index in [0.717, 1.165) is 0 Å². The summed E-state index contributed by atoms with van der Waals surface area (Å²) in [6, 6.07) is 9.70. The van der Waals surface area contributed by atoms with E-state index in [1.54, 1.807) is 24.3 Å². The average molecular weight is 367 g/mol. The lowest BCUT2D eigenvalue weighted by Gasteiger charge is -2.13. The van der Waals surface area contributed by atoms with Crippen molar-refractivity contribution >= 4 is 41.1 Å². The van der Waals surface area contributed by atoms with Gasteiger partial charge in [0.25, 0.3) is 0 Å². The lowest BCUT2D eigenvalue weighted by molar-refractivity contribution is 0.0697. The molecule has 0 radical (unpaired) electrons. The molecule has 0 saturated heterocycles. The molecule has 7 heteroatoms. The first-order chi connectivity index (χ1) is 11.4. The summed E-state index contributed by atoms with van der Waals surface area (Å²) in [5, 5.41) is 13.8. The third-order valence-electron chi connectivity index (χ3n) is 2.89. The van der Waals surface area contributed by atoms with E-state index in [4.69, 9.17) is 33.0 Å². The maximum absolute atomic E-state index is 10.9. The van der Waals surface area contributed by atoms with Gasteiger partial charge in [0.2, 0.25) is 0 Å². The number of nitrogens with one attached hydrogen (secondary N) is 1. The van der Waals surface area contributed by atoms with Gasteiger partial charge in [0, 0.05) is 0 Å². The van der Waals surface area contributed by atoms with Gasteiger partial charge >= 0.3 is 5.97 Å². The molecule has 2 N–H and O–H groups in total. The molecule has 2 aromatic rings. The van der Waals surface area contributed by atoms with Crippen LogP contribution in [0.2, 0.25) is 10.0 Å². The van der Waals surface area contributed by atoms with Crippen LogP contribution in [-0.2, 0) is 0 Å². The largest absolute Gasteiger partial charge is 0.488 e. The van der Waals surface area contributed by atoms with Crippen LogP contribution in [0.4, 0.5) is 5.69 Å². The summed E-state index contributed by atoms with van der Waals surface area (Å²) in [5.74, 6) is -0.561. The molecule has 24 heavy (non-hydrogen) atoms. The molecule has 0 aliphatic heterocycles. The van der Waals surface area contributed by atoms with Crippen molar-refractivity contribution in [3.05, 3.63) is 57.6 Å². The number of carbonyl (C=O) groups is 1. The highest BCUT2D eigenvalue weighted by Crippen LogP contribution is 2.34. The minimum atomic E-state index is -0.998. The number of nitrogens with zero attached hydrogens (tertiary/aromatic N) is 1. The Morgan fingerprint density at radius 3 is 2.50 bits per heavy atom. The molecular weight excluding hydrogens is 351 g/mol. The van der Waals surface area contributed by atoms with Gasteiger partial charge in [0.15, 0.2) is 5.75 Å². The number of carboxylic acid groups (broad SMARTS) is 1. The molecule has 126 valence electrons. The van der Waals surface area contributed by atoms with Gasteiger partial charge in [-0.25, -0.2) is 4.79 Å². The molecule has 0 aromatic heterocycles. The second-order valence-electron chi connectivity index (χ2n) is 5.24. The lowest BCUT2D eigenvalue weighted by atomic mass is 10.2. The molecule has 0 unspecified atom stereocenters. The number of hydrogen-bond donors (Lipinski definition) is 2. The van der Waals surface area contributed by atoms with Crippen molar-refractivity contribution in [1.29, 1.82) is 0 Å². The van der Waals surface area contributed by atoms with E-state index in [-0.39, 0.29) is 11.7 Å². The third kappa shape index (κ3) is 4.88. The summed E-state index contributed by atoms with van der Waals surface area (Å²) < 4.78 is 5.56. The summed E-state index contributed by atoms with van der Waals surface area (Å²) in [4.78, 5) is 10.9. The minimum Gasteiger partial charge on any atom is -0.488 e. The molecule has 0 fully saturated rings. The van der Waals surface area contributed by atoms with Gasteiger partial charge in [-0.2, -0.15) is 5.10 Å². The molecule has 2 rings (SSSR count). The quantitative estimate of drug-likeness (QED) is 0.561. The molecule has 5 nitrogen and oxygen atoms in total. The van der Waals surface area contributed by atoms with Gasteiger partial charge < -0.3 is 9.84 Å². The van der Waals surface area contributed by atoms with Crippen LogP contribution in [-0.4, -0.2) is 23.4 Å². The normalized spacial score (nSPS) is 11.0. The van der Waals surface area contributed by atoms with E-state index >= 15 is 0 Å². The smallest absolute Gasteiger partial charge is 0.335 e. The fourth-order valence-corrected chi connectivity index (χ4v) is 2.50. The van der Waals surface area contributed by atoms with Crippen molar-refractivity contribution in [2.75, 3.05) is 5.43 Å². The summed E-state index contributed by atoms with van der Waals surface area (Å²) >= 11 is 12.3. The second kappa shape index (κ2) is 8.04. The molecular formula is C17H16Cl2N2O3. The Hall–Kier alpha value is -2.24. The molecule has 0 aliphatic carbocycles. The number of halogens is 2. The fourth-order valence-electron chi connectivity index (χ4n) is 1.91.